The highest BCUT2D eigenvalue weighted by Gasteiger charge is 2.25. The lowest BCUT2D eigenvalue weighted by molar-refractivity contribution is 0.0694. The molecule has 1 aromatic carbocycles. The number of ether oxygens (including phenoxy) is 1. The molecule has 0 saturated carbocycles. The molecular weight excluding hydrogens is 282 g/mol. The van der Waals surface area contributed by atoms with Crippen molar-refractivity contribution >= 4 is 28.5 Å². The smallest absolute Gasteiger partial charge is 0.341 e. The third-order valence-corrected chi connectivity index (χ3v) is 4.02. The molecule has 1 N–H and O–H groups in total. The Bertz CT molecular complexity index is 809. The van der Waals surface area contributed by atoms with Crippen LogP contribution in [0.1, 0.15) is 28.9 Å². The number of benzene rings is 1. The Morgan fingerprint density at radius 3 is 2.90 bits per heavy atom. The zero-order valence-electron chi connectivity index (χ0n) is 10.9. The van der Waals surface area contributed by atoms with Crippen molar-refractivity contribution in [2.75, 3.05) is 6.61 Å². The van der Waals surface area contributed by atoms with E-state index in [1.54, 1.807) is 4.57 Å². The molecule has 20 heavy (non-hydrogen) atoms. The van der Waals surface area contributed by atoms with Crippen LogP contribution in [-0.4, -0.2) is 22.2 Å². The monoisotopic (exact) mass is 293 g/mol. The molecule has 2 aromatic rings. The quantitative estimate of drug-likeness (QED) is 0.877. The minimum atomic E-state index is -1.24. The van der Waals surface area contributed by atoms with Crippen LogP contribution >= 0.6 is 11.6 Å². The summed E-state index contributed by atoms with van der Waals surface area (Å²) in [4.78, 5) is 23.5. The number of pyridine rings is 1. The molecule has 0 radical (unpaired) electrons. The van der Waals surface area contributed by atoms with E-state index < -0.39 is 11.4 Å². The molecule has 0 fully saturated rings. The van der Waals surface area contributed by atoms with Crippen molar-refractivity contribution in [1.29, 1.82) is 0 Å². The van der Waals surface area contributed by atoms with Gasteiger partial charge in [-0.1, -0.05) is 11.6 Å². The van der Waals surface area contributed by atoms with Crippen molar-refractivity contribution in [3.8, 4) is 5.75 Å². The Morgan fingerprint density at radius 2 is 2.25 bits per heavy atom. The Hall–Kier alpha value is -2.01. The van der Waals surface area contributed by atoms with E-state index in [-0.39, 0.29) is 17.0 Å². The number of aromatic carboxylic acids is 1. The Labute approximate surface area is 119 Å². The van der Waals surface area contributed by atoms with Crippen molar-refractivity contribution in [3.63, 3.8) is 0 Å². The molecular formula is C14H12ClNO4. The molecule has 0 saturated heterocycles. The number of hydrogen-bond donors (Lipinski definition) is 1. The molecule has 1 atom stereocenters. The standard InChI is InChI=1S/C14H12ClNO4/c1-6-5-20-13-7(2)10(15)3-8-11(13)16(6)4-9(12(8)17)14(18)19/h3-4,6H,5H2,1-2H3,(H,18,19). The van der Waals surface area contributed by atoms with E-state index in [9.17, 15) is 9.59 Å². The molecule has 1 aliphatic rings. The Balaban J connectivity index is 2.57. The van der Waals surface area contributed by atoms with Gasteiger partial charge >= 0.3 is 5.97 Å². The fraction of sp³-hybridized carbons (Fsp3) is 0.286. The fourth-order valence-corrected chi connectivity index (χ4v) is 2.70. The average Bonchev–Trinajstić information content (AvgIpc) is 2.39. The van der Waals surface area contributed by atoms with Crippen LogP contribution in [0.4, 0.5) is 0 Å². The van der Waals surface area contributed by atoms with Crippen LogP contribution in [-0.2, 0) is 0 Å². The highest BCUT2D eigenvalue weighted by atomic mass is 35.5. The third-order valence-electron chi connectivity index (χ3n) is 3.63. The molecule has 0 aliphatic carbocycles. The van der Waals surface area contributed by atoms with Gasteiger partial charge in [0, 0.05) is 16.8 Å². The minimum Gasteiger partial charge on any atom is -0.489 e. The summed E-state index contributed by atoms with van der Waals surface area (Å²) in [7, 11) is 0. The van der Waals surface area contributed by atoms with Crippen LogP contribution in [0, 0.1) is 6.92 Å². The number of halogens is 1. The maximum atomic E-state index is 12.3. The lowest BCUT2D eigenvalue weighted by Crippen LogP contribution is -2.26. The van der Waals surface area contributed by atoms with Gasteiger partial charge in [0.2, 0.25) is 5.43 Å². The van der Waals surface area contributed by atoms with E-state index in [2.05, 4.69) is 0 Å². The maximum Gasteiger partial charge on any atom is 0.341 e. The number of carboxylic acid groups (broad SMARTS) is 1. The summed E-state index contributed by atoms with van der Waals surface area (Å²) in [6, 6.07) is 1.46. The molecule has 2 heterocycles. The van der Waals surface area contributed by atoms with Gasteiger partial charge in [-0.05, 0) is 19.9 Å². The molecule has 1 aliphatic heterocycles. The summed E-state index contributed by atoms with van der Waals surface area (Å²) in [6.07, 6.45) is 1.39. The first-order chi connectivity index (χ1) is 9.41. The second kappa shape index (κ2) is 4.24. The highest BCUT2D eigenvalue weighted by Crippen LogP contribution is 2.37. The van der Waals surface area contributed by atoms with E-state index >= 15 is 0 Å². The summed E-state index contributed by atoms with van der Waals surface area (Å²) < 4.78 is 7.46. The van der Waals surface area contributed by atoms with E-state index in [0.29, 0.717) is 22.9 Å². The van der Waals surface area contributed by atoms with Crippen molar-refractivity contribution < 1.29 is 14.6 Å². The molecule has 0 spiro atoms. The van der Waals surface area contributed by atoms with Crippen LogP contribution in [0.5, 0.6) is 5.75 Å². The topological polar surface area (TPSA) is 68.5 Å². The summed E-state index contributed by atoms with van der Waals surface area (Å²) in [5, 5.41) is 9.84. The van der Waals surface area contributed by atoms with Crippen molar-refractivity contribution in [1.82, 2.24) is 4.57 Å². The molecule has 3 rings (SSSR count). The average molecular weight is 294 g/mol. The Kier molecular flexibility index (Phi) is 2.76. The van der Waals surface area contributed by atoms with Gasteiger partial charge in [-0.25, -0.2) is 4.79 Å². The SMILES string of the molecule is Cc1c(Cl)cc2c(=O)c(C(=O)O)cn3c2c1OCC3C. The first-order valence-electron chi connectivity index (χ1n) is 6.16. The van der Waals surface area contributed by atoms with E-state index in [4.69, 9.17) is 21.4 Å². The number of aromatic nitrogens is 1. The summed E-state index contributed by atoms with van der Waals surface area (Å²) in [5.74, 6) is -0.683. The number of rotatable bonds is 1. The summed E-state index contributed by atoms with van der Waals surface area (Å²) in [6.45, 7) is 4.13. The van der Waals surface area contributed by atoms with Gasteiger partial charge in [0.05, 0.1) is 16.9 Å². The fourth-order valence-electron chi connectivity index (χ4n) is 2.51. The summed E-state index contributed by atoms with van der Waals surface area (Å²) >= 11 is 6.11. The summed E-state index contributed by atoms with van der Waals surface area (Å²) in [5.41, 5.74) is 0.574. The molecule has 0 amide bonds. The van der Waals surface area contributed by atoms with Crippen molar-refractivity contribution in [2.45, 2.75) is 19.9 Å². The third kappa shape index (κ3) is 1.63. The van der Waals surface area contributed by atoms with Gasteiger partial charge in [0.15, 0.2) is 0 Å². The normalized spacial score (nSPS) is 17.1. The van der Waals surface area contributed by atoms with Gasteiger partial charge in [0.25, 0.3) is 0 Å². The number of hydrogen-bond acceptors (Lipinski definition) is 3. The molecule has 104 valence electrons. The number of carbonyl (C=O) groups is 1. The van der Waals surface area contributed by atoms with E-state index in [1.165, 1.54) is 12.3 Å². The lowest BCUT2D eigenvalue weighted by Gasteiger charge is -2.28. The second-order valence-electron chi connectivity index (χ2n) is 4.95. The van der Waals surface area contributed by atoms with Gasteiger partial charge in [-0.15, -0.1) is 0 Å². The zero-order chi connectivity index (χ0) is 14.6. The van der Waals surface area contributed by atoms with Gasteiger partial charge in [-0.3, -0.25) is 4.79 Å². The van der Waals surface area contributed by atoms with E-state index in [0.717, 1.165) is 5.56 Å². The van der Waals surface area contributed by atoms with Gasteiger partial charge in [-0.2, -0.15) is 0 Å². The maximum absolute atomic E-state index is 12.3. The molecule has 0 bridgehead atoms. The molecule has 1 aromatic heterocycles. The predicted octanol–water partition coefficient (Wildman–Crippen LogP) is 2.61. The number of nitrogens with zero attached hydrogens (tertiary/aromatic N) is 1. The van der Waals surface area contributed by atoms with Crippen LogP contribution in [0.15, 0.2) is 17.1 Å². The predicted molar refractivity (Wildman–Crippen MR) is 75.1 cm³/mol. The van der Waals surface area contributed by atoms with Crippen LogP contribution in [0.2, 0.25) is 5.02 Å². The van der Waals surface area contributed by atoms with Crippen molar-refractivity contribution in [2.24, 2.45) is 0 Å². The lowest BCUT2D eigenvalue weighted by atomic mass is 10.0. The van der Waals surface area contributed by atoms with Gasteiger partial charge in [0.1, 0.15) is 17.9 Å². The van der Waals surface area contributed by atoms with Gasteiger partial charge < -0.3 is 14.4 Å². The minimum absolute atomic E-state index is 0.0516. The largest absolute Gasteiger partial charge is 0.489 e. The number of carboxylic acids is 1. The van der Waals surface area contributed by atoms with Crippen LogP contribution in [0.25, 0.3) is 10.9 Å². The first kappa shape index (κ1) is 13.0. The molecule has 5 nitrogen and oxygen atoms in total. The van der Waals surface area contributed by atoms with E-state index in [1.807, 2.05) is 13.8 Å². The zero-order valence-corrected chi connectivity index (χ0v) is 11.7. The molecule has 1 unspecified atom stereocenters. The second-order valence-corrected chi connectivity index (χ2v) is 5.36. The van der Waals surface area contributed by atoms with Crippen molar-refractivity contribution in [3.05, 3.63) is 38.6 Å². The van der Waals surface area contributed by atoms with Crippen LogP contribution < -0.4 is 10.2 Å². The highest BCUT2D eigenvalue weighted by molar-refractivity contribution is 6.32. The van der Waals surface area contributed by atoms with Crippen LogP contribution in [0.3, 0.4) is 0 Å². The Morgan fingerprint density at radius 1 is 1.55 bits per heavy atom. The molecule has 6 heteroatoms. The first-order valence-corrected chi connectivity index (χ1v) is 6.53.